The smallest absolute Gasteiger partial charge is 0.256 e. The average molecular weight is 357 g/mol. The van der Waals surface area contributed by atoms with Gasteiger partial charge in [0.1, 0.15) is 11.5 Å². The number of alkyl halides is 2. The van der Waals surface area contributed by atoms with Gasteiger partial charge < -0.3 is 4.57 Å². The number of nitrogens with zero attached hydrogens (tertiary/aromatic N) is 5. The molecular weight excluding hydrogens is 343 g/mol. The van der Waals surface area contributed by atoms with E-state index in [0.717, 1.165) is 5.69 Å². The van der Waals surface area contributed by atoms with E-state index in [-0.39, 0.29) is 5.82 Å². The van der Waals surface area contributed by atoms with Crippen LogP contribution in [0, 0.1) is 12.7 Å². The van der Waals surface area contributed by atoms with Gasteiger partial charge in [0, 0.05) is 5.56 Å². The molecule has 132 valence electrons. The zero-order chi connectivity index (χ0) is 18.3. The SMILES string of the molecule is Cc1cnc2ccc(-c3c(-c4ccc(F)cc4)ncn3CC(F)F)nn12. The summed E-state index contributed by atoms with van der Waals surface area (Å²) < 4.78 is 42.3. The van der Waals surface area contributed by atoms with Crippen molar-refractivity contribution in [1.82, 2.24) is 24.1 Å². The fraction of sp³-hybridized carbons (Fsp3) is 0.167. The number of hydrogen-bond donors (Lipinski definition) is 0. The third-order valence-corrected chi connectivity index (χ3v) is 4.07. The number of aryl methyl sites for hydroxylation is 1. The molecule has 0 aliphatic heterocycles. The van der Waals surface area contributed by atoms with E-state index in [1.165, 1.54) is 23.0 Å². The Hall–Kier alpha value is -3.16. The van der Waals surface area contributed by atoms with Crippen LogP contribution in [0.5, 0.6) is 0 Å². The van der Waals surface area contributed by atoms with E-state index in [1.807, 2.05) is 6.92 Å². The van der Waals surface area contributed by atoms with E-state index in [9.17, 15) is 13.2 Å². The Morgan fingerprint density at radius 2 is 1.81 bits per heavy atom. The maximum absolute atomic E-state index is 13.2. The molecule has 5 nitrogen and oxygen atoms in total. The first kappa shape index (κ1) is 16.3. The Kier molecular flexibility index (Phi) is 3.95. The van der Waals surface area contributed by atoms with Crippen LogP contribution in [0.4, 0.5) is 13.2 Å². The molecule has 3 heterocycles. The maximum atomic E-state index is 13.2. The van der Waals surface area contributed by atoms with E-state index in [2.05, 4.69) is 15.1 Å². The topological polar surface area (TPSA) is 48.0 Å². The van der Waals surface area contributed by atoms with Gasteiger partial charge in [0.2, 0.25) is 0 Å². The Balaban J connectivity index is 1.92. The van der Waals surface area contributed by atoms with Crippen molar-refractivity contribution in [3.63, 3.8) is 0 Å². The van der Waals surface area contributed by atoms with E-state index in [0.29, 0.717) is 28.3 Å². The lowest BCUT2D eigenvalue weighted by atomic mass is 10.1. The molecule has 0 radical (unpaired) electrons. The molecule has 3 aromatic heterocycles. The summed E-state index contributed by atoms with van der Waals surface area (Å²) >= 11 is 0. The molecule has 4 rings (SSSR count). The second kappa shape index (κ2) is 6.29. The fourth-order valence-electron chi connectivity index (χ4n) is 2.87. The van der Waals surface area contributed by atoms with Gasteiger partial charge in [0.25, 0.3) is 6.43 Å². The molecule has 0 atom stereocenters. The van der Waals surface area contributed by atoms with E-state index < -0.39 is 13.0 Å². The molecule has 0 spiro atoms. The highest BCUT2D eigenvalue weighted by molar-refractivity contribution is 5.77. The maximum Gasteiger partial charge on any atom is 0.256 e. The van der Waals surface area contributed by atoms with Crippen molar-refractivity contribution in [3.8, 4) is 22.6 Å². The molecule has 0 amide bonds. The predicted octanol–water partition coefficient (Wildman–Crippen LogP) is 3.97. The molecule has 0 bridgehead atoms. The highest BCUT2D eigenvalue weighted by Crippen LogP contribution is 2.31. The minimum Gasteiger partial charge on any atom is -0.323 e. The first-order valence-electron chi connectivity index (χ1n) is 7.94. The number of aromatic nitrogens is 5. The second-order valence-electron chi connectivity index (χ2n) is 5.88. The molecule has 0 saturated carbocycles. The molecule has 0 unspecified atom stereocenters. The van der Waals surface area contributed by atoms with Crippen LogP contribution in [0.2, 0.25) is 0 Å². The zero-order valence-electron chi connectivity index (χ0n) is 13.8. The third-order valence-electron chi connectivity index (χ3n) is 4.07. The van der Waals surface area contributed by atoms with Gasteiger partial charge in [0.05, 0.1) is 36.2 Å². The summed E-state index contributed by atoms with van der Waals surface area (Å²) in [4.78, 5) is 8.50. The Morgan fingerprint density at radius 3 is 2.54 bits per heavy atom. The fourth-order valence-corrected chi connectivity index (χ4v) is 2.87. The Morgan fingerprint density at radius 1 is 1.04 bits per heavy atom. The molecule has 1 aromatic carbocycles. The number of imidazole rings is 2. The number of benzene rings is 1. The molecule has 4 aromatic rings. The van der Waals surface area contributed by atoms with Gasteiger partial charge in [-0.05, 0) is 43.3 Å². The normalized spacial score (nSPS) is 11.6. The Labute approximate surface area is 146 Å². The highest BCUT2D eigenvalue weighted by Gasteiger charge is 2.19. The molecule has 8 heteroatoms. The van der Waals surface area contributed by atoms with Gasteiger partial charge in [-0.1, -0.05) is 0 Å². The molecular formula is C18H14F3N5. The van der Waals surface area contributed by atoms with Gasteiger partial charge in [-0.3, -0.25) is 0 Å². The van der Waals surface area contributed by atoms with Crippen molar-refractivity contribution in [3.05, 3.63) is 60.4 Å². The number of halogens is 3. The standard InChI is InChI=1S/C18H14F3N5/c1-11-8-22-16-7-6-14(24-26(11)16)18-17(12-2-4-13(19)5-3-12)23-10-25(18)9-15(20)21/h2-8,10,15H,9H2,1H3. The van der Waals surface area contributed by atoms with Crippen molar-refractivity contribution in [1.29, 1.82) is 0 Å². The summed E-state index contributed by atoms with van der Waals surface area (Å²) in [5, 5.41) is 4.52. The zero-order valence-corrected chi connectivity index (χ0v) is 13.8. The van der Waals surface area contributed by atoms with E-state index in [4.69, 9.17) is 0 Å². The molecule has 0 aliphatic rings. The molecule has 26 heavy (non-hydrogen) atoms. The van der Waals surface area contributed by atoms with Crippen LogP contribution in [0.25, 0.3) is 28.3 Å². The summed E-state index contributed by atoms with van der Waals surface area (Å²) in [7, 11) is 0. The van der Waals surface area contributed by atoms with Crippen LogP contribution in [-0.4, -0.2) is 30.6 Å². The van der Waals surface area contributed by atoms with Crippen molar-refractivity contribution >= 4 is 5.65 Å². The summed E-state index contributed by atoms with van der Waals surface area (Å²) in [6, 6.07) is 9.23. The lowest BCUT2D eigenvalue weighted by Crippen LogP contribution is -2.08. The largest absolute Gasteiger partial charge is 0.323 e. The summed E-state index contributed by atoms with van der Waals surface area (Å²) in [5.74, 6) is -0.379. The van der Waals surface area contributed by atoms with Gasteiger partial charge in [-0.25, -0.2) is 27.7 Å². The molecule has 0 saturated heterocycles. The van der Waals surface area contributed by atoms with Gasteiger partial charge >= 0.3 is 0 Å². The average Bonchev–Trinajstić information content (AvgIpc) is 3.19. The van der Waals surface area contributed by atoms with Crippen LogP contribution < -0.4 is 0 Å². The van der Waals surface area contributed by atoms with Crippen molar-refractivity contribution in [2.75, 3.05) is 0 Å². The van der Waals surface area contributed by atoms with Crippen LogP contribution in [-0.2, 0) is 6.54 Å². The van der Waals surface area contributed by atoms with E-state index in [1.54, 1.807) is 35.0 Å². The summed E-state index contributed by atoms with van der Waals surface area (Å²) in [6.07, 6.45) is 0.499. The van der Waals surface area contributed by atoms with E-state index >= 15 is 0 Å². The molecule has 0 N–H and O–H groups in total. The molecule has 0 fully saturated rings. The minimum absolute atomic E-state index is 0.379. The first-order chi connectivity index (χ1) is 12.5. The second-order valence-corrected chi connectivity index (χ2v) is 5.88. The third kappa shape index (κ3) is 2.83. The van der Waals surface area contributed by atoms with Gasteiger partial charge in [-0.15, -0.1) is 0 Å². The van der Waals surface area contributed by atoms with Crippen LogP contribution in [0.3, 0.4) is 0 Å². The van der Waals surface area contributed by atoms with Crippen molar-refractivity contribution < 1.29 is 13.2 Å². The van der Waals surface area contributed by atoms with Crippen LogP contribution in [0.15, 0.2) is 48.9 Å². The number of hydrogen-bond acceptors (Lipinski definition) is 3. The molecule has 0 aliphatic carbocycles. The predicted molar refractivity (Wildman–Crippen MR) is 90.3 cm³/mol. The minimum atomic E-state index is -2.54. The van der Waals surface area contributed by atoms with Crippen molar-refractivity contribution in [2.45, 2.75) is 19.9 Å². The Bertz CT molecular complexity index is 1070. The first-order valence-corrected chi connectivity index (χ1v) is 7.94. The highest BCUT2D eigenvalue weighted by atomic mass is 19.3. The lowest BCUT2D eigenvalue weighted by molar-refractivity contribution is 0.127. The van der Waals surface area contributed by atoms with Crippen LogP contribution >= 0.6 is 0 Å². The van der Waals surface area contributed by atoms with Gasteiger partial charge in [0.15, 0.2) is 5.65 Å². The van der Waals surface area contributed by atoms with Crippen molar-refractivity contribution in [2.24, 2.45) is 0 Å². The number of rotatable bonds is 4. The quantitative estimate of drug-likeness (QED) is 0.555. The summed E-state index contributed by atoms with van der Waals surface area (Å²) in [5.41, 5.74) is 3.51. The van der Waals surface area contributed by atoms with Crippen LogP contribution in [0.1, 0.15) is 5.69 Å². The van der Waals surface area contributed by atoms with Gasteiger partial charge in [-0.2, -0.15) is 5.10 Å². The lowest BCUT2D eigenvalue weighted by Gasteiger charge is -2.10. The summed E-state index contributed by atoms with van der Waals surface area (Å²) in [6.45, 7) is 1.35. The number of fused-ring (bicyclic) bond motifs is 1. The monoisotopic (exact) mass is 357 g/mol.